The lowest BCUT2D eigenvalue weighted by Gasteiger charge is -2.14. The highest BCUT2D eigenvalue weighted by molar-refractivity contribution is 9.10. The SMILES string of the molecule is CCOc1cc(Br)c(C(=O)C(C)Cl)cc1OCC. The molecule has 0 aliphatic rings. The molecule has 18 heavy (non-hydrogen) atoms. The van der Waals surface area contributed by atoms with Crippen LogP contribution in [0.4, 0.5) is 0 Å². The van der Waals surface area contributed by atoms with Crippen molar-refractivity contribution >= 4 is 33.3 Å². The predicted octanol–water partition coefficient (Wildman–Crippen LogP) is 4.06. The summed E-state index contributed by atoms with van der Waals surface area (Å²) in [6.45, 7) is 6.46. The minimum atomic E-state index is -0.575. The second-order valence-electron chi connectivity index (χ2n) is 3.63. The van der Waals surface area contributed by atoms with E-state index in [1.165, 1.54) is 0 Å². The van der Waals surface area contributed by atoms with Crippen LogP contribution >= 0.6 is 27.5 Å². The lowest BCUT2D eigenvalue weighted by atomic mass is 10.1. The van der Waals surface area contributed by atoms with Gasteiger partial charge < -0.3 is 9.47 Å². The molecule has 5 heteroatoms. The molecule has 1 atom stereocenters. The van der Waals surface area contributed by atoms with E-state index in [9.17, 15) is 4.79 Å². The Kier molecular flexibility index (Phi) is 5.96. The van der Waals surface area contributed by atoms with Crippen LogP contribution in [0.25, 0.3) is 0 Å². The molecule has 100 valence electrons. The summed E-state index contributed by atoms with van der Waals surface area (Å²) in [5.41, 5.74) is 0.504. The second kappa shape index (κ2) is 7.00. The largest absolute Gasteiger partial charge is 0.490 e. The summed E-state index contributed by atoms with van der Waals surface area (Å²) in [6, 6.07) is 3.40. The van der Waals surface area contributed by atoms with Crippen molar-refractivity contribution in [3.63, 3.8) is 0 Å². The molecular formula is C13H16BrClO3. The van der Waals surface area contributed by atoms with Crippen LogP contribution in [0.2, 0.25) is 0 Å². The van der Waals surface area contributed by atoms with Crippen LogP contribution in [0, 0.1) is 0 Å². The zero-order chi connectivity index (χ0) is 13.7. The van der Waals surface area contributed by atoms with E-state index < -0.39 is 5.38 Å². The maximum absolute atomic E-state index is 11.9. The Hall–Kier alpha value is -0.740. The van der Waals surface area contributed by atoms with E-state index in [1.54, 1.807) is 19.1 Å². The molecule has 0 heterocycles. The lowest BCUT2D eigenvalue weighted by Crippen LogP contribution is -2.12. The van der Waals surface area contributed by atoms with Crippen molar-refractivity contribution in [2.45, 2.75) is 26.1 Å². The summed E-state index contributed by atoms with van der Waals surface area (Å²) in [7, 11) is 0. The van der Waals surface area contributed by atoms with Crippen molar-refractivity contribution in [3.8, 4) is 11.5 Å². The number of rotatable bonds is 6. The van der Waals surface area contributed by atoms with E-state index in [0.29, 0.717) is 34.7 Å². The first kappa shape index (κ1) is 15.3. The number of hydrogen-bond acceptors (Lipinski definition) is 3. The number of carbonyl (C=O) groups is 1. The molecule has 0 N–H and O–H groups in total. The Labute approximate surface area is 121 Å². The Morgan fingerprint density at radius 2 is 1.78 bits per heavy atom. The normalized spacial score (nSPS) is 12.1. The fourth-order valence-electron chi connectivity index (χ4n) is 1.47. The fraction of sp³-hybridized carbons (Fsp3) is 0.462. The summed E-state index contributed by atoms with van der Waals surface area (Å²) >= 11 is 9.18. The standard InChI is InChI=1S/C13H16BrClO3/c1-4-17-11-6-9(13(16)8(3)15)10(14)7-12(11)18-5-2/h6-8H,4-5H2,1-3H3. The Bertz CT molecular complexity index is 432. The second-order valence-corrected chi connectivity index (χ2v) is 5.13. The molecule has 1 aromatic rings. The average molecular weight is 336 g/mol. The van der Waals surface area contributed by atoms with Gasteiger partial charge in [0.05, 0.1) is 18.6 Å². The van der Waals surface area contributed by atoms with Gasteiger partial charge in [-0.15, -0.1) is 11.6 Å². The predicted molar refractivity (Wildman–Crippen MR) is 76.1 cm³/mol. The molecule has 0 aliphatic carbocycles. The maximum atomic E-state index is 11.9. The highest BCUT2D eigenvalue weighted by atomic mass is 79.9. The third-order valence-corrected chi connectivity index (χ3v) is 3.11. The molecule has 1 rings (SSSR count). The topological polar surface area (TPSA) is 35.5 Å². The highest BCUT2D eigenvalue weighted by Gasteiger charge is 2.19. The number of Topliss-reactive ketones (excluding diaryl/α,β-unsaturated/α-hetero) is 1. The summed E-state index contributed by atoms with van der Waals surface area (Å²) < 4.78 is 11.6. The average Bonchev–Trinajstić information content (AvgIpc) is 2.32. The van der Waals surface area contributed by atoms with Gasteiger partial charge in [0.15, 0.2) is 17.3 Å². The first-order valence-corrected chi connectivity index (χ1v) is 7.01. The quantitative estimate of drug-likeness (QED) is 0.581. The number of alkyl halides is 1. The number of hydrogen-bond donors (Lipinski definition) is 0. The summed E-state index contributed by atoms with van der Waals surface area (Å²) in [4.78, 5) is 11.9. The van der Waals surface area contributed by atoms with Gasteiger partial charge in [-0.05, 0) is 48.8 Å². The number of carbonyl (C=O) groups excluding carboxylic acids is 1. The molecular weight excluding hydrogens is 319 g/mol. The van der Waals surface area contributed by atoms with Crippen molar-refractivity contribution in [3.05, 3.63) is 22.2 Å². The van der Waals surface area contributed by atoms with E-state index in [2.05, 4.69) is 15.9 Å². The van der Waals surface area contributed by atoms with Gasteiger partial charge in [-0.25, -0.2) is 0 Å². The molecule has 0 fully saturated rings. The van der Waals surface area contributed by atoms with Crippen LogP contribution in [0.15, 0.2) is 16.6 Å². The smallest absolute Gasteiger partial charge is 0.181 e. The van der Waals surface area contributed by atoms with Crippen molar-refractivity contribution in [2.75, 3.05) is 13.2 Å². The van der Waals surface area contributed by atoms with Gasteiger partial charge in [0.2, 0.25) is 0 Å². The van der Waals surface area contributed by atoms with Crippen LogP contribution in [0.1, 0.15) is 31.1 Å². The van der Waals surface area contributed by atoms with Crippen LogP contribution in [-0.2, 0) is 0 Å². The zero-order valence-electron chi connectivity index (χ0n) is 10.6. The molecule has 0 aromatic heterocycles. The van der Waals surface area contributed by atoms with Crippen molar-refractivity contribution in [1.82, 2.24) is 0 Å². The molecule has 0 aliphatic heterocycles. The molecule has 1 aromatic carbocycles. The summed E-state index contributed by atoms with van der Waals surface area (Å²) in [5, 5.41) is -0.575. The molecule has 0 saturated heterocycles. The molecule has 0 saturated carbocycles. The zero-order valence-corrected chi connectivity index (χ0v) is 13.0. The van der Waals surface area contributed by atoms with Crippen LogP contribution < -0.4 is 9.47 Å². The molecule has 0 bridgehead atoms. The van der Waals surface area contributed by atoms with Crippen LogP contribution in [0.3, 0.4) is 0 Å². The van der Waals surface area contributed by atoms with Gasteiger partial charge >= 0.3 is 0 Å². The summed E-state index contributed by atoms with van der Waals surface area (Å²) in [6.07, 6.45) is 0. The van der Waals surface area contributed by atoms with E-state index in [0.717, 1.165) is 0 Å². The Morgan fingerprint density at radius 3 is 2.22 bits per heavy atom. The van der Waals surface area contributed by atoms with Gasteiger partial charge in [-0.2, -0.15) is 0 Å². The first-order chi connectivity index (χ1) is 8.51. The van der Waals surface area contributed by atoms with E-state index >= 15 is 0 Å². The van der Waals surface area contributed by atoms with E-state index in [4.69, 9.17) is 21.1 Å². The number of ether oxygens (including phenoxy) is 2. The maximum Gasteiger partial charge on any atom is 0.181 e. The van der Waals surface area contributed by atoms with Crippen molar-refractivity contribution in [2.24, 2.45) is 0 Å². The van der Waals surface area contributed by atoms with Gasteiger partial charge in [0.25, 0.3) is 0 Å². The fourth-order valence-corrected chi connectivity index (χ4v) is 2.11. The van der Waals surface area contributed by atoms with Crippen molar-refractivity contribution < 1.29 is 14.3 Å². The molecule has 0 spiro atoms. The minimum absolute atomic E-state index is 0.146. The van der Waals surface area contributed by atoms with Crippen LogP contribution in [-0.4, -0.2) is 24.4 Å². The van der Waals surface area contributed by atoms with Gasteiger partial charge in [0, 0.05) is 10.0 Å². The molecule has 0 radical (unpaired) electrons. The Balaban J connectivity index is 3.21. The minimum Gasteiger partial charge on any atom is -0.490 e. The van der Waals surface area contributed by atoms with E-state index in [1.807, 2.05) is 13.8 Å². The molecule has 0 amide bonds. The lowest BCUT2D eigenvalue weighted by molar-refractivity contribution is 0.0990. The third-order valence-electron chi connectivity index (χ3n) is 2.26. The Morgan fingerprint density at radius 1 is 1.28 bits per heavy atom. The molecule has 3 nitrogen and oxygen atoms in total. The van der Waals surface area contributed by atoms with E-state index in [-0.39, 0.29) is 5.78 Å². The van der Waals surface area contributed by atoms with Crippen molar-refractivity contribution in [1.29, 1.82) is 0 Å². The highest BCUT2D eigenvalue weighted by Crippen LogP contribution is 2.34. The van der Waals surface area contributed by atoms with Gasteiger partial charge in [0.1, 0.15) is 0 Å². The third kappa shape index (κ3) is 3.62. The van der Waals surface area contributed by atoms with Gasteiger partial charge in [-0.1, -0.05) is 0 Å². The monoisotopic (exact) mass is 334 g/mol. The number of ketones is 1. The number of halogens is 2. The number of benzene rings is 1. The van der Waals surface area contributed by atoms with Crippen LogP contribution in [0.5, 0.6) is 11.5 Å². The summed E-state index contributed by atoms with van der Waals surface area (Å²) in [5.74, 6) is 1.03. The first-order valence-electron chi connectivity index (χ1n) is 5.78. The molecule has 1 unspecified atom stereocenters. The van der Waals surface area contributed by atoms with Gasteiger partial charge in [-0.3, -0.25) is 4.79 Å².